The predicted molar refractivity (Wildman–Crippen MR) is 109 cm³/mol. The number of benzene rings is 2. The Morgan fingerprint density at radius 1 is 1.27 bits per heavy atom. The Morgan fingerprint density at radius 3 is 2.81 bits per heavy atom. The van der Waals surface area contributed by atoms with Crippen LogP contribution in [0.3, 0.4) is 0 Å². The topological polar surface area (TPSA) is 60.3 Å². The second-order valence-electron chi connectivity index (χ2n) is 6.02. The summed E-state index contributed by atoms with van der Waals surface area (Å²) < 4.78 is 8.49. The first-order chi connectivity index (χ1) is 12.5. The molecule has 0 unspecified atom stereocenters. The van der Waals surface area contributed by atoms with E-state index in [1.807, 2.05) is 22.8 Å². The van der Waals surface area contributed by atoms with Crippen LogP contribution < -0.4 is 15.5 Å². The molecule has 26 heavy (non-hydrogen) atoms. The minimum absolute atomic E-state index is 0.140. The van der Waals surface area contributed by atoms with Crippen LogP contribution in [0, 0.1) is 3.57 Å². The van der Waals surface area contributed by atoms with Gasteiger partial charge in [0.05, 0.1) is 17.4 Å². The maximum Gasteiger partial charge on any atom is 0.257 e. The molecule has 0 saturated carbocycles. The van der Waals surface area contributed by atoms with Gasteiger partial charge in [0.1, 0.15) is 17.9 Å². The van der Waals surface area contributed by atoms with Crippen molar-refractivity contribution in [2.24, 2.45) is 0 Å². The number of amides is 1. The van der Waals surface area contributed by atoms with E-state index in [0.29, 0.717) is 35.9 Å². The summed E-state index contributed by atoms with van der Waals surface area (Å²) in [5.41, 5.74) is 1.52. The number of nitrogens with one attached hydrogen (secondary N) is 1. The molecule has 7 heteroatoms. The Bertz CT molecular complexity index is 1080. The second-order valence-corrected chi connectivity index (χ2v) is 7.71. The van der Waals surface area contributed by atoms with Gasteiger partial charge in [-0.15, -0.1) is 0 Å². The van der Waals surface area contributed by atoms with E-state index in [0.717, 1.165) is 14.7 Å². The highest BCUT2D eigenvalue weighted by Crippen LogP contribution is 2.29. The number of hydrogen-bond acceptors (Lipinski definition) is 3. The number of halogens is 2. The summed E-state index contributed by atoms with van der Waals surface area (Å²) >= 11 is 8.01. The van der Waals surface area contributed by atoms with Crippen LogP contribution in [0.5, 0.6) is 5.75 Å². The van der Waals surface area contributed by atoms with Crippen molar-refractivity contribution in [2.75, 3.05) is 6.61 Å². The van der Waals surface area contributed by atoms with Gasteiger partial charge in [0.25, 0.3) is 5.91 Å². The van der Waals surface area contributed by atoms with E-state index in [-0.39, 0.29) is 16.9 Å². The Balaban J connectivity index is 1.70. The van der Waals surface area contributed by atoms with Gasteiger partial charge in [-0.2, -0.15) is 0 Å². The number of rotatable bonds is 3. The van der Waals surface area contributed by atoms with E-state index < -0.39 is 0 Å². The van der Waals surface area contributed by atoms with Crippen molar-refractivity contribution in [3.05, 3.63) is 72.5 Å². The molecule has 1 amide bonds. The van der Waals surface area contributed by atoms with Crippen molar-refractivity contribution in [1.82, 2.24) is 9.88 Å². The fourth-order valence-electron chi connectivity index (χ4n) is 3.05. The van der Waals surface area contributed by atoms with Gasteiger partial charge >= 0.3 is 0 Å². The molecule has 0 spiro atoms. The summed E-state index contributed by atoms with van der Waals surface area (Å²) in [6.45, 7) is 1.44. The van der Waals surface area contributed by atoms with Crippen molar-refractivity contribution in [3.63, 3.8) is 0 Å². The third-order valence-corrected chi connectivity index (χ3v) is 5.18. The van der Waals surface area contributed by atoms with E-state index in [4.69, 9.17) is 16.3 Å². The van der Waals surface area contributed by atoms with Gasteiger partial charge in [0.2, 0.25) is 5.43 Å². The molecule has 0 radical (unpaired) electrons. The third-order valence-electron chi connectivity index (χ3n) is 4.30. The van der Waals surface area contributed by atoms with Crippen molar-refractivity contribution >= 4 is 51.0 Å². The summed E-state index contributed by atoms with van der Waals surface area (Å²) in [6.07, 6.45) is 1.63. The predicted octanol–water partition coefficient (Wildman–Crippen LogP) is 3.58. The van der Waals surface area contributed by atoms with E-state index in [9.17, 15) is 9.59 Å². The maximum atomic E-state index is 12.9. The minimum Gasteiger partial charge on any atom is -0.489 e. The number of aromatic nitrogens is 1. The number of ether oxygens (including phenoxy) is 1. The summed E-state index contributed by atoms with van der Waals surface area (Å²) in [6, 6.07) is 10.9. The number of carbonyl (C=O) groups is 1. The molecule has 1 aliphatic heterocycles. The summed E-state index contributed by atoms with van der Waals surface area (Å²) in [7, 11) is 0. The van der Waals surface area contributed by atoms with Crippen molar-refractivity contribution in [1.29, 1.82) is 0 Å². The Morgan fingerprint density at radius 2 is 2.04 bits per heavy atom. The SMILES string of the molecule is O=C(NCc1ccc(Cl)cc1)c1cn2c3c(cc(I)cc3c1=O)OCC2. The van der Waals surface area contributed by atoms with E-state index >= 15 is 0 Å². The van der Waals surface area contributed by atoms with E-state index in [1.54, 1.807) is 24.4 Å². The first-order valence-electron chi connectivity index (χ1n) is 8.05. The molecule has 1 aliphatic rings. The zero-order valence-electron chi connectivity index (χ0n) is 13.6. The van der Waals surface area contributed by atoms with Gasteiger partial charge in [-0.3, -0.25) is 9.59 Å². The Kier molecular flexibility index (Phi) is 4.62. The molecule has 2 aromatic carbocycles. The fourth-order valence-corrected chi connectivity index (χ4v) is 3.77. The largest absolute Gasteiger partial charge is 0.489 e. The van der Waals surface area contributed by atoms with Gasteiger partial charge in [-0.05, 0) is 52.4 Å². The standard InChI is InChI=1S/C19H14ClIN2O3/c20-12-3-1-11(2-4-12)9-22-19(25)15-10-23-5-6-26-16-8-13(21)7-14(17(16)23)18(15)24/h1-4,7-8,10H,5-6,9H2,(H,22,25). The average Bonchev–Trinajstić information content (AvgIpc) is 2.63. The lowest BCUT2D eigenvalue weighted by Gasteiger charge is -2.21. The van der Waals surface area contributed by atoms with Crippen molar-refractivity contribution < 1.29 is 9.53 Å². The number of hydrogen-bond donors (Lipinski definition) is 1. The van der Waals surface area contributed by atoms with Gasteiger partial charge in [0.15, 0.2) is 0 Å². The summed E-state index contributed by atoms with van der Waals surface area (Å²) in [5.74, 6) is 0.297. The normalized spacial score (nSPS) is 12.7. The molecule has 0 bridgehead atoms. The van der Waals surface area contributed by atoms with Crippen LogP contribution in [0.2, 0.25) is 5.02 Å². The first-order valence-corrected chi connectivity index (χ1v) is 9.51. The monoisotopic (exact) mass is 480 g/mol. The van der Waals surface area contributed by atoms with Crippen LogP contribution in [0.1, 0.15) is 15.9 Å². The lowest BCUT2D eigenvalue weighted by atomic mass is 10.1. The quantitative estimate of drug-likeness (QED) is 0.583. The highest BCUT2D eigenvalue weighted by atomic mass is 127. The molecule has 3 aromatic rings. The van der Waals surface area contributed by atoms with E-state index in [1.165, 1.54) is 0 Å². The maximum absolute atomic E-state index is 12.9. The highest BCUT2D eigenvalue weighted by molar-refractivity contribution is 14.1. The van der Waals surface area contributed by atoms with Gasteiger partial charge in [0, 0.05) is 21.3 Å². The molecule has 0 fully saturated rings. The molecule has 4 rings (SSSR count). The van der Waals surface area contributed by atoms with Gasteiger partial charge in [-0.25, -0.2) is 0 Å². The molecule has 0 aliphatic carbocycles. The van der Waals surface area contributed by atoms with Crippen molar-refractivity contribution in [2.45, 2.75) is 13.1 Å². The Labute approximate surface area is 168 Å². The van der Waals surface area contributed by atoms with Crippen LogP contribution in [-0.4, -0.2) is 17.1 Å². The molecule has 0 saturated heterocycles. The molecule has 2 heterocycles. The number of carbonyl (C=O) groups excluding carboxylic acids is 1. The highest BCUT2D eigenvalue weighted by Gasteiger charge is 2.20. The molecule has 1 aromatic heterocycles. The fraction of sp³-hybridized carbons (Fsp3) is 0.158. The summed E-state index contributed by atoms with van der Waals surface area (Å²) in [4.78, 5) is 25.5. The third kappa shape index (κ3) is 3.19. The van der Waals surface area contributed by atoms with Gasteiger partial charge in [-0.1, -0.05) is 23.7 Å². The molecule has 0 atom stereocenters. The lowest BCUT2D eigenvalue weighted by molar-refractivity contribution is 0.0949. The van der Waals surface area contributed by atoms with Gasteiger partial charge < -0.3 is 14.6 Å². The zero-order chi connectivity index (χ0) is 18.3. The molecule has 132 valence electrons. The smallest absolute Gasteiger partial charge is 0.257 e. The van der Waals surface area contributed by atoms with Crippen LogP contribution >= 0.6 is 34.2 Å². The molecular formula is C19H14ClIN2O3. The summed E-state index contributed by atoms with van der Waals surface area (Å²) in [5, 5.41) is 3.95. The van der Waals surface area contributed by atoms with Crippen LogP contribution in [0.4, 0.5) is 0 Å². The van der Waals surface area contributed by atoms with Crippen LogP contribution in [0.15, 0.2) is 47.4 Å². The number of nitrogens with zero attached hydrogens (tertiary/aromatic N) is 1. The zero-order valence-corrected chi connectivity index (χ0v) is 16.5. The number of pyridine rings is 1. The molecule has 1 N–H and O–H groups in total. The average molecular weight is 481 g/mol. The van der Waals surface area contributed by atoms with Crippen molar-refractivity contribution in [3.8, 4) is 5.75 Å². The Hall–Kier alpha value is -2.06. The van der Waals surface area contributed by atoms with Crippen LogP contribution in [0.25, 0.3) is 10.9 Å². The first kappa shape index (κ1) is 17.4. The second kappa shape index (κ2) is 6.92. The lowest BCUT2D eigenvalue weighted by Crippen LogP contribution is -2.30. The van der Waals surface area contributed by atoms with E-state index in [2.05, 4.69) is 27.9 Å². The van der Waals surface area contributed by atoms with Crippen LogP contribution in [-0.2, 0) is 13.1 Å². The molecule has 5 nitrogen and oxygen atoms in total. The minimum atomic E-state index is -0.387. The molecular weight excluding hydrogens is 467 g/mol.